The Bertz CT molecular complexity index is 472. The van der Waals surface area contributed by atoms with Gasteiger partial charge in [0.05, 0.1) is 4.92 Å². The monoisotopic (exact) mass is 243 g/mol. The van der Waals surface area contributed by atoms with Crippen LogP contribution in [-0.2, 0) is 6.42 Å². The lowest BCUT2D eigenvalue weighted by Gasteiger charge is -2.07. The van der Waals surface area contributed by atoms with E-state index in [4.69, 9.17) is 23.2 Å². The van der Waals surface area contributed by atoms with Crippen molar-refractivity contribution in [2.45, 2.75) is 16.7 Å². The molecular formula is C10H7Cl2NO2. The van der Waals surface area contributed by atoms with Crippen molar-refractivity contribution in [1.29, 1.82) is 0 Å². The average molecular weight is 244 g/mol. The van der Waals surface area contributed by atoms with Crippen molar-refractivity contribution < 1.29 is 4.92 Å². The van der Waals surface area contributed by atoms with Crippen LogP contribution in [0.3, 0.4) is 0 Å². The van der Waals surface area contributed by atoms with Gasteiger partial charge < -0.3 is 0 Å². The summed E-state index contributed by atoms with van der Waals surface area (Å²) in [6, 6.07) is 4.95. The van der Waals surface area contributed by atoms with Crippen molar-refractivity contribution in [3.63, 3.8) is 0 Å². The van der Waals surface area contributed by atoms with Gasteiger partial charge >= 0.3 is 0 Å². The first-order chi connectivity index (χ1) is 7.01. The fraction of sp³-hybridized carbons (Fsp3) is 0.400. The third-order valence-corrected chi connectivity index (χ3v) is 4.35. The van der Waals surface area contributed by atoms with E-state index in [-0.39, 0.29) is 22.4 Å². The van der Waals surface area contributed by atoms with Crippen molar-refractivity contribution in [2.75, 3.05) is 0 Å². The van der Waals surface area contributed by atoms with E-state index in [2.05, 4.69) is 0 Å². The standard InChI is InChI=1S/C10H7Cl2NO2/c11-10(12)8-3-5-1-2-6(13(14)15)4-7(5)9(8)10/h1-2,4,8-9H,3H2. The SMILES string of the molecule is O=[N+]([O-])c1ccc2c(c1)C1C(C2)C1(Cl)Cl. The fourth-order valence-corrected chi connectivity index (χ4v) is 3.30. The molecule has 2 atom stereocenters. The minimum Gasteiger partial charge on any atom is -0.258 e. The van der Waals surface area contributed by atoms with Crippen LogP contribution in [0, 0.1) is 16.0 Å². The lowest BCUT2D eigenvalue weighted by Crippen LogP contribution is -2.01. The van der Waals surface area contributed by atoms with E-state index in [0.29, 0.717) is 0 Å². The Kier molecular flexibility index (Phi) is 1.67. The smallest absolute Gasteiger partial charge is 0.258 e. The van der Waals surface area contributed by atoms with Gasteiger partial charge in [-0.1, -0.05) is 6.07 Å². The Morgan fingerprint density at radius 1 is 1.47 bits per heavy atom. The topological polar surface area (TPSA) is 43.1 Å². The zero-order chi connectivity index (χ0) is 10.8. The Balaban J connectivity index is 2.07. The molecule has 0 amide bonds. The molecule has 0 aliphatic heterocycles. The number of fused-ring (bicyclic) bond motifs is 3. The number of halogens is 2. The van der Waals surface area contributed by atoms with Gasteiger partial charge in [0.1, 0.15) is 4.33 Å². The van der Waals surface area contributed by atoms with Crippen LogP contribution in [0.15, 0.2) is 18.2 Å². The first-order valence-electron chi connectivity index (χ1n) is 4.67. The summed E-state index contributed by atoms with van der Waals surface area (Å²) < 4.78 is -0.692. The second-order valence-corrected chi connectivity index (χ2v) is 5.55. The summed E-state index contributed by atoms with van der Waals surface area (Å²) in [5.41, 5.74) is 2.22. The molecule has 3 rings (SSSR count). The number of rotatable bonds is 1. The molecule has 2 aliphatic rings. The van der Waals surface area contributed by atoms with Crippen LogP contribution in [0.5, 0.6) is 0 Å². The summed E-state index contributed by atoms with van der Waals surface area (Å²) in [7, 11) is 0. The molecule has 15 heavy (non-hydrogen) atoms. The highest BCUT2D eigenvalue weighted by Gasteiger charge is 2.67. The van der Waals surface area contributed by atoms with Crippen molar-refractivity contribution in [1.82, 2.24) is 0 Å². The number of alkyl halides is 2. The molecule has 3 nitrogen and oxygen atoms in total. The predicted molar refractivity (Wildman–Crippen MR) is 57.5 cm³/mol. The van der Waals surface area contributed by atoms with E-state index >= 15 is 0 Å². The number of hydrogen-bond acceptors (Lipinski definition) is 2. The molecule has 78 valence electrons. The van der Waals surface area contributed by atoms with Crippen LogP contribution < -0.4 is 0 Å². The molecule has 0 bridgehead atoms. The average Bonchev–Trinajstić information content (AvgIpc) is 2.59. The van der Waals surface area contributed by atoms with Crippen molar-refractivity contribution in [3.8, 4) is 0 Å². The first-order valence-corrected chi connectivity index (χ1v) is 5.42. The summed E-state index contributed by atoms with van der Waals surface area (Å²) in [5, 5.41) is 10.6. The Hall–Kier alpha value is -0.800. The van der Waals surface area contributed by atoms with Gasteiger partial charge in [-0.05, 0) is 17.5 Å². The maximum Gasteiger partial charge on any atom is 0.269 e. The van der Waals surface area contributed by atoms with Crippen molar-refractivity contribution in [2.24, 2.45) is 5.92 Å². The van der Waals surface area contributed by atoms with Gasteiger partial charge in [0.15, 0.2) is 0 Å². The summed E-state index contributed by atoms with van der Waals surface area (Å²) >= 11 is 12.1. The maximum absolute atomic E-state index is 10.6. The highest BCUT2D eigenvalue weighted by Crippen LogP contribution is 2.70. The third kappa shape index (κ3) is 1.13. The van der Waals surface area contributed by atoms with Crippen LogP contribution in [0.2, 0.25) is 0 Å². The minimum absolute atomic E-state index is 0.0933. The largest absolute Gasteiger partial charge is 0.269 e. The molecule has 5 heteroatoms. The van der Waals surface area contributed by atoms with Gasteiger partial charge in [0.2, 0.25) is 0 Å². The number of nitro groups is 1. The maximum atomic E-state index is 10.6. The molecule has 1 fully saturated rings. The van der Waals surface area contributed by atoms with Crippen LogP contribution in [0.1, 0.15) is 17.0 Å². The predicted octanol–water partition coefficient (Wildman–Crippen LogP) is 3.04. The highest BCUT2D eigenvalue weighted by molar-refractivity contribution is 6.52. The molecule has 0 aromatic heterocycles. The highest BCUT2D eigenvalue weighted by atomic mass is 35.5. The number of nitro benzene ring substituents is 1. The number of hydrogen-bond donors (Lipinski definition) is 0. The summed E-state index contributed by atoms with van der Waals surface area (Å²) in [6.07, 6.45) is 0.838. The number of non-ortho nitro benzene ring substituents is 1. The Labute approximate surface area is 96.1 Å². The normalized spacial score (nSPS) is 29.5. The van der Waals surface area contributed by atoms with Crippen LogP contribution >= 0.6 is 23.2 Å². The van der Waals surface area contributed by atoms with E-state index in [1.54, 1.807) is 6.07 Å². The van der Waals surface area contributed by atoms with Crippen molar-refractivity contribution >= 4 is 28.9 Å². The molecular weight excluding hydrogens is 237 g/mol. The zero-order valence-corrected chi connectivity index (χ0v) is 9.13. The van der Waals surface area contributed by atoms with Gasteiger partial charge in [0, 0.05) is 24.0 Å². The molecule has 0 spiro atoms. The third-order valence-electron chi connectivity index (χ3n) is 3.32. The lowest BCUT2D eigenvalue weighted by molar-refractivity contribution is -0.384. The van der Waals surface area contributed by atoms with Crippen LogP contribution in [0.25, 0.3) is 0 Å². The Morgan fingerprint density at radius 3 is 2.87 bits per heavy atom. The van der Waals surface area contributed by atoms with E-state index in [9.17, 15) is 10.1 Å². The summed E-state index contributed by atoms with van der Waals surface area (Å²) in [4.78, 5) is 10.2. The van der Waals surface area contributed by atoms with Crippen molar-refractivity contribution in [3.05, 3.63) is 39.4 Å². The molecule has 1 aromatic rings. The van der Waals surface area contributed by atoms with Gasteiger partial charge in [0.25, 0.3) is 5.69 Å². The molecule has 0 heterocycles. The van der Waals surface area contributed by atoms with E-state index < -0.39 is 4.33 Å². The van der Waals surface area contributed by atoms with Gasteiger partial charge in [-0.15, -0.1) is 23.2 Å². The van der Waals surface area contributed by atoms with Gasteiger partial charge in [-0.25, -0.2) is 0 Å². The molecule has 0 N–H and O–H groups in total. The number of nitrogens with zero attached hydrogens (tertiary/aromatic N) is 1. The van der Waals surface area contributed by atoms with E-state index in [1.807, 2.05) is 6.07 Å². The Morgan fingerprint density at radius 2 is 2.20 bits per heavy atom. The van der Waals surface area contributed by atoms with Crippen LogP contribution in [0.4, 0.5) is 5.69 Å². The second kappa shape index (κ2) is 2.66. The molecule has 2 unspecified atom stereocenters. The van der Waals surface area contributed by atoms with Crippen LogP contribution in [-0.4, -0.2) is 9.26 Å². The van der Waals surface area contributed by atoms with Gasteiger partial charge in [-0.3, -0.25) is 10.1 Å². The second-order valence-electron chi connectivity index (χ2n) is 4.10. The van der Waals surface area contributed by atoms with E-state index in [1.165, 1.54) is 6.07 Å². The molecule has 2 aliphatic carbocycles. The first kappa shape index (κ1) is 9.43. The van der Waals surface area contributed by atoms with E-state index in [0.717, 1.165) is 17.5 Å². The minimum atomic E-state index is -0.692. The molecule has 0 saturated heterocycles. The molecule has 0 radical (unpaired) electrons. The zero-order valence-electron chi connectivity index (χ0n) is 7.61. The molecule has 1 aromatic carbocycles. The molecule has 1 saturated carbocycles. The lowest BCUT2D eigenvalue weighted by atomic mass is 10.1. The quantitative estimate of drug-likeness (QED) is 0.433. The van der Waals surface area contributed by atoms with Gasteiger partial charge in [-0.2, -0.15) is 0 Å². The summed E-state index contributed by atoms with van der Waals surface area (Å²) in [5.74, 6) is 0.341. The fourth-order valence-electron chi connectivity index (χ4n) is 2.48. The number of benzene rings is 1. The summed E-state index contributed by atoms with van der Waals surface area (Å²) in [6.45, 7) is 0.